The molecule has 306 valence electrons. The number of aliphatic hydroxyl groups is 7. The van der Waals surface area contributed by atoms with E-state index in [0.29, 0.717) is 11.4 Å². The van der Waals surface area contributed by atoms with Crippen molar-refractivity contribution in [2.45, 2.75) is 114 Å². The first-order valence-electron chi connectivity index (χ1n) is 17.6. The molecule has 21 nitrogen and oxygen atoms in total. The Balaban J connectivity index is 1.24. The molecule has 0 spiro atoms. The molecule has 5 rings (SSSR count). The van der Waals surface area contributed by atoms with Crippen LogP contribution in [-0.2, 0) is 39.6 Å². The van der Waals surface area contributed by atoms with Gasteiger partial charge in [0, 0.05) is 0 Å². The number of hydrogen-bond acceptors (Lipinski definition) is 19. The van der Waals surface area contributed by atoms with Crippen LogP contribution in [0.5, 0.6) is 5.75 Å². The zero-order valence-corrected chi connectivity index (χ0v) is 31.4. The van der Waals surface area contributed by atoms with Crippen LogP contribution in [0.3, 0.4) is 0 Å². The summed E-state index contributed by atoms with van der Waals surface area (Å²) in [7, 11) is -3.83. The highest BCUT2D eigenvalue weighted by molar-refractivity contribution is 7.57. The fourth-order valence-electron chi connectivity index (χ4n) is 5.94. The van der Waals surface area contributed by atoms with Crippen LogP contribution in [0, 0.1) is 0 Å². The minimum atomic E-state index is -3.83. The Morgan fingerprint density at radius 1 is 0.909 bits per heavy atom. The van der Waals surface area contributed by atoms with E-state index in [2.05, 4.69) is 25.4 Å². The first kappa shape index (κ1) is 42.7. The third-order valence-electron chi connectivity index (χ3n) is 8.76. The molecule has 1 aromatic carbocycles. The predicted octanol–water partition coefficient (Wildman–Crippen LogP) is -1.57. The van der Waals surface area contributed by atoms with Crippen LogP contribution in [-0.4, -0.2) is 160 Å². The monoisotopic (exact) mass is 800 g/mol. The maximum absolute atomic E-state index is 14.0. The number of para-hydroxylation sites is 1. The quantitative estimate of drug-likeness (QED) is 0.0550. The van der Waals surface area contributed by atoms with E-state index in [0.717, 1.165) is 0 Å². The molecule has 13 atom stereocenters. The number of benzene rings is 1. The van der Waals surface area contributed by atoms with Crippen molar-refractivity contribution in [3.63, 3.8) is 0 Å². The Morgan fingerprint density at radius 2 is 1.62 bits per heavy atom. The molecule has 2 aliphatic rings. The molecule has 3 unspecified atom stereocenters. The number of nitrogens with one attached hydrogen (secondary N) is 2. The molecule has 22 heteroatoms. The lowest BCUT2D eigenvalue weighted by Crippen LogP contribution is -2.65. The third kappa shape index (κ3) is 10.3. The van der Waals surface area contributed by atoms with Gasteiger partial charge in [-0.1, -0.05) is 18.2 Å². The molecule has 9 N–H and O–H groups in total. The van der Waals surface area contributed by atoms with Crippen molar-refractivity contribution in [3.8, 4) is 5.75 Å². The number of anilines is 1. The van der Waals surface area contributed by atoms with Crippen LogP contribution < -0.4 is 14.9 Å². The number of ether oxygens (including phenoxy) is 5. The number of fused-ring (bicyclic) bond motifs is 1. The minimum absolute atomic E-state index is 0.0887. The number of carbonyl (C=O) groups excluding carboxylic acids is 1. The number of aliphatic hydroxyl groups excluding tert-OH is 7. The van der Waals surface area contributed by atoms with Crippen molar-refractivity contribution >= 4 is 30.5 Å². The molecular weight excluding hydrogens is 751 g/mol. The van der Waals surface area contributed by atoms with E-state index in [9.17, 15) is 45.1 Å². The lowest BCUT2D eigenvalue weighted by Gasteiger charge is -2.46. The smallest absolute Gasteiger partial charge is 0.342 e. The van der Waals surface area contributed by atoms with E-state index in [1.165, 1.54) is 19.6 Å². The molecule has 2 saturated heterocycles. The van der Waals surface area contributed by atoms with Crippen molar-refractivity contribution in [1.29, 1.82) is 0 Å². The average Bonchev–Trinajstić information content (AvgIpc) is 3.57. The molecule has 3 aromatic rings. The lowest BCUT2D eigenvalue weighted by atomic mass is 9.96. The van der Waals surface area contributed by atoms with Gasteiger partial charge in [0.25, 0.3) is 0 Å². The van der Waals surface area contributed by atoms with Crippen LogP contribution in [0.15, 0.2) is 43.0 Å². The highest BCUT2D eigenvalue weighted by Gasteiger charge is 2.50. The molecule has 0 aliphatic carbocycles. The highest BCUT2D eigenvalue weighted by Crippen LogP contribution is 2.44. The van der Waals surface area contributed by atoms with E-state index in [1.807, 2.05) is 0 Å². The summed E-state index contributed by atoms with van der Waals surface area (Å²) >= 11 is 0. The standard InChI is InChI=1S/C33H49N6O15P/c1-16(2)50-32(47)18(4)38-55(48,54-19-8-6-5-7-9-19)15-49-17(3)10-39-14-36-22-29(34-13-35-30(22)39)37-31-26(45)25(44)28(21(12-41)51-31)53-33-27(46)24(43)23(42)20(11-40)52-33/h5-9,13-14,16-18,20-21,23-28,31,33,40-46H,10-12,15H2,1-4H3,(H,38,48)(H,34,35,37)/t17-,18+,20+,21-,23-,24-,25-,26-,27+,28?,31?,33?,55+/m1/s1. The predicted molar refractivity (Wildman–Crippen MR) is 189 cm³/mol. The molecule has 4 heterocycles. The largest absolute Gasteiger partial charge is 0.462 e. The Bertz CT molecular complexity index is 1740. The molecule has 0 bridgehead atoms. The van der Waals surface area contributed by atoms with Crippen molar-refractivity contribution in [3.05, 3.63) is 43.0 Å². The third-order valence-corrected chi connectivity index (χ3v) is 10.5. The van der Waals surface area contributed by atoms with Gasteiger partial charge in [-0.3, -0.25) is 9.36 Å². The molecule has 0 saturated carbocycles. The second-order valence-corrected chi connectivity index (χ2v) is 15.6. The van der Waals surface area contributed by atoms with Crippen molar-refractivity contribution in [2.75, 3.05) is 24.9 Å². The normalized spacial score (nSPS) is 30.8. The number of esters is 1. The minimum Gasteiger partial charge on any atom is -0.462 e. The number of carbonyl (C=O) groups is 1. The van der Waals surface area contributed by atoms with Crippen LogP contribution in [0.4, 0.5) is 5.82 Å². The summed E-state index contributed by atoms with van der Waals surface area (Å²) in [6, 6.07) is 7.46. The highest BCUT2D eigenvalue weighted by atomic mass is 31.2. The van der Waals surface area contributed by atoms with Crippen molar-refractivity contribution in [1.82, 2.24) is 24.6 Å². The van der Waals surface area contributed by atoms with E-state index in [1.54, 1.807) is 55.7 Å². The number of hydrogen-bond donors (Lipinski definition) is 9. The second-order valence-electron chi connectivity index (χ2n) is 13.5. The van der Waals surface area contributed by atoms with Gasteiger partial charge in [-0.05, 0) is 39.8 Å². The lowest BCUT2D eigenvalue weighted by molar-refractivity contribution is -0.340. The molecular formula is C33H49N6O15P. The second kappa shape index (κ2) is 18.7. The first-order chi connectivity index (χ1) is 26.1. The van der Waals surface area contributed by atoms with Gasteiger partial charge in [-0.2, -0.15) is 0 Å². The maximum Gasteiger partial charge on any atom is 0.342 e. The van der Waals surface area contributed by atoms with Crippen LogP contribution in [0.25, 0.3) is 11.2 Å². The molecule has 2 fully saturated rings. The summed E-state index contributed by atoms with van der Waals surface area (Å²) < 4.78 is 49.4. The maximum atomic E-state index is 14.0. The van der Waals surface area contributed by atoms with Gasteiger partial charge in [0.05, 0.1) is 38.3 Å². The van der Waals surface area contributed by atoms with Crippen LogP contribution in [0.2, 0.25) is 0 Å². The molecule has 55 heavy (non-hydrogen) atoms. The van der Waals surface area contributed by atoms with E-state index >= 15 is 0 Å². The van der Waals surface area contributed by atoms with Crippen molar-refractivity contribution < 1.29 is 73.3 Å². The first-order valence-corrected chi connectivity index (χ1v) is 19.4. The number of nitrogens with zero attached hydrogens (tertiary/aromatic N) is 4. The van der Waals surface area contributed by atoms with E-state index < -0.39 is 107 Å². The summed E-state index contributed by atoms with van der Waals surface area (Å²) in [6.07, 6.45) is -14.5. The molecule has 0 amide bonds. The van der Waals surface area contributed by atoms with Crippen LogP contribution in [0.1, 0.15) is 27.7 Å². The van der Waals surface area contributed by atoms with Gasteiger partial charge >= 0.3 is 13.5 Å². The van der Waals surface area contributed by atoms with Gasteiger partial charge in [-0.25, -0.2) is 20.0 Å². The average molecular weight is 801 g/mol. The van der Waals surface area contributed by atoms with Gasteiger partial charge < -0.3 is 73.8 Å². The fraction of sp³-hybridized carbons (Fsp3) is 0.636. The Labute approximate surface area is 315 Å². The Kier molecular flexibility index (Phi) is 14.5. The van der Waals surface area contributed by atoms with Gasteiger partial charge in [0.1, 0.15) is 78.8 Å². The number of imidazole rings is 1. The SMILES string of the molecule is CC(C)OC(=O)[C@H](C)N[P@](=O)(CO[C@H](C)Cn1cnc2c(NC3O[C@H](CO)C(OC4O[C@@H](CO)[C@@H](O)[C@@H](O)[C@@H]4O)[C@H](O)[C@H]3O)ncnc21)Oc1ccccc1. The van der Waals surface area contributed by atoms with Gasteiger partial charge in [-0.15, -0.1) is 0 Å². The number of aromatic nitrogens is 4. The Morgan fingerprint density at radius 3 is 2.29 bits per heavy atom. The summed E-state index contributed by atoms with van der Waals surface area (Å²) in [5.41, 5.74) is 0.561. The number of rotatable bonds is 17. The van der Waals surface area contributed by atoms with Gasteiger partial charge in [0.15, 0.2) is 24.0 Å². The topological polar surface area (TPSA) is 299 Å². The molecule has 2 aromatic heterocycles. The van der Waals surface area contributed by atoms with Gasteiger partial charge in [0.2, 0.25) is 0 Å². The summed E-state index contributed by atoms with van der Waals surface area (Å²) in [5.74, 6) is -0.216. The van der Waals surface area contributed by atoms with E-state index in [4.69, 9.17) is 28.2 Å². The summed E-state index contributed by atoms with van der Waals surface area (Å²) in [4.78, 5) is 25.4. The van der Waals surface area contributed by atoms with E-state index in [-0.39, 0.29) is 24.0 Å². The Hall–Kier alpha value is -3.41. The van der Waals surface area contributed by atoms with Crippen molar-refractivity contribution in [2.24, 2.45) is 0 Å². The molecule has 2 aliphatic heterocycles. The molecule has 0 radical (unpaired) electrons. The zero-order chi connectivity index (χ0) is 40.0. The van der Waals surface area contributed by atoms with Crippen LogP contribution >= 0.6 is 7.52 Å². The summed E-state index contributed by atoms with van der Waals surface area (Å²) in [5, 5.41) is 77.8. The zero-order valence-electron chi connectivity index (χ0n) is 30.5. The summed E-state index contributed by atoms with van der Waals surface area (Å²) in [6.45, 7) is 5.35. The fourth-order valence-corrected chi connectivity index (χ4v) is 7.73.